The van der Waals surface area contributed by atoms with Crippen LogP contribution >= 0.6 is 0 Å². The van der Waals surface area contributed by atoms with Gasteiger partial charge in [-0.2, -0.15) is 5.26 Å². The van der Waals surface area contributed by atoms with Crippen molar-refractivity contribution in [2.75, 3.05) is 0 Å². The van der Waals surface area contributed by atoms with E-state index in [0.717, 1.165) is 37.0 Å². The molecule has 1 unspecified atom stereocenters. The monoisotopic (exact) mass is 191 g/mol. The van der Waals surface area contributed by atoms with Gasteiger partial charge in [0.05, 0.1) is 6.07 Å². The Bertz CT molecular complexity index is 256. The van der Waals surface area contributed by atoms with Crippen molar-refractivity contribution < 1.29 is 5.11 Å². The third-order valence-corrected chi connectivity index (χ3v) is 4.79. The molecule has 0 aromatic rings. The molecule has 1 atom stereocenters. The molecule has 0 radical (unpaired) electrons. The quantitative estimate of drug-likeness (QED) is 0.645. The molecule has 1 N–H and O–H groups in total. The van der Waals surface area contributed by atoms with Gasteiger partial charge in [0.15, 0.2) is 0 Å². The molecule has 0 aromatic carbocycles. The van der Waals surface area contributed by atoms with Crippen LogP contribution in [0.5, 0.6) is 0 Å². The SMILES string of the molecule is N#CC(O)C12CC3CC(CC(C3)C1)C2. The van der Waals surface area contributed by atoms with Crippen LogP contribution in [0.2, 0.25) is 0 Å². The molecule has 0 aromatic heterocycles. The highest BCUT2D eigenvalue weighted by atomic mass is 16.3. The van der Waals surface area contributed by atoms with E-state index in [0.29, 0.717) is 0 Å². The summed E-state index contributed by atoms with van der Waals surface area (Å²) in [5.74, 6) is 2.47. The van der Waals surface area contributed by atoms with E-state index >= 15 is 0 Å². The van der Waals surface area contributed by atoms with E-state index in [2.05, 4.69) is 6.07 Å². The molecule has 14 heavy (non-hydrogen) atoms. The van der Waals surface area contributed by atoms with Gasteiger partial charge in [-0.25, -0.2) is 0 Å². The highest BCUT2D eigenvalue weighted by molar-refractivity contribution is 5.09. The van der Waals surface area contributed by atoms with Crippen LogP contribution in [-0.2, 0) is 0 Å². The van der Waals surface area contributed by atoms with Crippen molar-refractivity contribution in [1.29, 1.82) is 5.26 Å². The second kappa shape index (κ2) is 2.73. The number of hydrogen-bond acceptors (Lipinski definition) is 2. The lowest BCUT2D eigenvalue weighted by Gasteiger charge is -2.57. The summed E-state index contributed by atoms with van der Waals surface area (Å²) in [7, 11) is 0. The van der Waals surface area contributed by atoms with Crippen molar-refractivity contribution in [3.8, 4) is 6.07 Å². The minimum absolute atomic E-state index is 0.00347. The maximum atomic E-state index is 9.86. The minimum Gasteiger partial charge on any atom is -0.378 e. The molecule has 2 heteroatoms. The molecule has 4 bridgehead atoms. The lowest BCUT2D eigenvalue weighted by Crippen LogP contribution is -2.51. The van der Waals surface area contributed by atoms with Gasteiger partial charge < -0.3 is 5.11 Å². The van der Waals surface area contributed by atoms with Gasteiger partial charge in [-0.3, -0.25) is 0 Å². The fourth-order valence-electron chi connectivity index (χ4n) is 4.65. The molecule has 0 saturated heterocycles. The van der Waals surface area contributed by atoms with Crippen LogP contribution in [0.25, 0.3) is 0 Å². The number of aliphatic hydroxyl groups is 1. The van der Waals surface area contributed by atoms with Crippen LogP contribution in [-0.4, -0.2) is 11.2 Å². The number of nitriles is 1. The first kappa shape index (κ1) is 8.73. The first-order valence-electron chi connectivity index (χ1n) is 5.79. The molecular formula is C12H17NO. The van der Waals surface area contributed by atoms with Gasteiger partial charge in [-0.05, 0) is 56.3 Å². The average Bonchev–Trinajstić information content (AvgIpc) is 2.14. The van der Waals surface area contributed by atoms with Crippen molar-refractivity contribution in [3.63, 3.8) is 0 Å². The summed E-state index contributed by atoms with van der Waals surface area (Å²) in [5, 5.41) is 18.8. The third-order valence-electron chi connectivity index (χ3n) is 4.79. The maximum absolute atomic E-state index is 9.86. The summed E-state index contributed by atoms with van der Waals surface area (Å²) >= 11 is 0. The van der Waals surface area contributed by atoms with Gasteiger partial charge in [0, 0.05) is 5.41 Å². The van der Waals surface area contributed by atoms with E-state index in [-0.39, 0.29) is 5.41 Å². The largest absolute Gasteiger partial charge is 0.378 e. The molecule has 4 rings (SSSR count). The zero-order chi connectivity index (χ0) is 9.76. The normalized spacial score (nSPS) is 51.6. The second-order valence-corrected chi connectivity index (χ2v) is 5.81. The minimum atomic E-state index is -0.698. The topological polar surface area (TPSA) is 44.0 Å². The fraction of sp³-hybridized carbons (Fsp3) is 0.917. The lowest BCUT2D eigenvalue weighted by atomic mass is 9.48. The molecule has 4 saturated carbocycles. The third kappa shape index (κ3) is 1.05. The van der Waals surface area contributed by atoms with Crippen LogP contribution < -0.4 is 0 Å². The van der Waals surface area contributed by atoms with Crippen LogP contribution in [0, 0.1) is 34.5 Å². The first-order valence-corrected chi connectivity index (χ1v) is 5.79. The molecular weight excluding hydrogens is 174 g/mol. The highest BCUT2D eigenvalue weighted by Gasteiger charge is 2.54. The summed E-state index contributed by atoms with van der Waals surface area (Å²) in [4.78, 5) is 0. The Morgan fingerprint density at radius 3 is 1.86 bits per heavy atom. The van der Waals surface area contributed by atoms with Crippen molar-refractivity contribution >= 4 is 0 Å². The zero-order valence-corrected chi connectivity index (χ0v) is 8.45. The van der Waals surface area contributed by atoms with Crippen LogP contribution in [0.1, 0.15) is 38.5 Å². The van der Waals surface area contributed by atoms with Crippen molar-refractivity contribution in [3.05, 3.63) is 0 Å². The number of hydrogen-bond donors (Lipinski definition) is 1. The summed E-state index contributed by atoms with van der Waals surface area (Å²) in [5.41, 5.74) is 0.00347. The number of aliphatic hydroxyl groups excluding tert-OH is 1. The Labute approximate surface area is 84.9 Å². The van der Waals surface area contributed by atoms with Crippen LogP contribution in [0.3, 0.4) is 0 Å². The Morgan fingerprint density at radius 2 is 1.50 bits per heavy atom. The van der Waals surface area contributed by atoms with Crippen molar-refractivity contribution in [2.24, 2.45) is 23.2 Å². The molecule has 0 aliphatic heterocycles. The number of rotatable bonds is 1. The Hall–Kier alpha value is -0.550. The number of nitrogens with zero attached hydrogens (tertiary/aromatic N) is 1. The lowest BCUT2D eigenvalue weighted by molar-refractivity contribution is -0.102. The van der Waals surface area contributed by atoms with E-state index in [9.17, 15) is 5.11 Å². The van der Waals surface area contributed by atoms with Gasteiger partial charge in [0.2, 0.25) is 0 Å². The van der Waals surface area contributed by atoms with Crippen LogP contribution in [0.4, 0.5) is 0 Å². The van der Waals surface area contributed by atoms with Crippen LogP contribution in [0.15, 0.2) is 0 Å². The highest BCUT2D eigenvalue weighted by Crippen LogP contribution is 2.61. The predicted molar refractivity (Wildman–Crippen MR) is 52.2 cm³/mol. The van der Waals surface area contributed by atoms with E-state index in [1.165, 1.54) is 19.3 Å². The Balaban J connectivity index is 1.91. The summed E-state index contributed by atoms with van der Waals surface area (Å²) < 4.78 is 0. The predicted octanol–water partition coefficient (Wildman–Crippen LogP) is 2.09. The molecule has 4 aliphatic carbocycles. The van der Waals surface area contributed by atoms with Gasteiger partial charge in [0.1, 0.15) is 6.10 Å². The molecule has 0 heterocycles. The molecule has 0 spiro atoms. The van der Waals surface area contributed by atoms with Gasteiger partial charge in [-0.15, -0.1) is 0 Å². The van der Waals surface area contributed by atoms with Gasteiger partial charge in [-0.1, -0.05) is 0 Å². The standard InChI is InChI=1S/C12H17NO/c13-7-11(14)12-4-8-1-9(5-12)3-10(2-8)6-12/h8-11,14H,1-6H2. The van der Waals surface area contributed by atoms with E-state index in [1.54, 1.807) is 0 Å². The van der Waals surface area contributed by atoms with E-state index in [1.807, 2.05) is 0 Å². The summed E-state index contributed by atoms with van der Waals surface area (Å²) in [6.45, 7) is 0. The molecule has 4 aliphatic rings. The second-order valence-electron chi connectivity index (χ2n) is 5.81. The first-order chi connectivity index (χ1) is 6.72. The van der Waals surface area contributed by atoms with Crippen molar-refractivity contribution in [1.82, 2.24) is 0 Å². The molecule has 4 fully saturated rings. The maximum Gasteiger partial charge on any atom is 0.146 e. The fourth-order valence-corrected chi connectivity index (χ4v) is 4.65. The zero-order valence-electron chi connectivity index (χ0n) is 8.45. The average molecular weight is 191 g/mol. The molecule has 76 valence electrons. The smallest absolute Gasteiger partial charge is 0.146 e. The summed E-state index contributed by atoms with van der Waals surface area (Å²) in [6, 6.07) is 2.08. The Kier molecular flexibility index (Phi) is 1.70. The summed E-state index contributed by atoms with van der Waals surface area (Å²) in [6.07, 6.45) is 6.78. The van der Waals surface area contributed by atoms with Gasteiger partial charge in [0.25, 0.3) is 0 Å². The van der Waals surface area contributed by atoms with Gasteiger partial charge >= 0.3 is 0 Å². The van der Waals surface area contributed by atoms with E-state index < -0.39 is 6.10 Å². The molecule has 2 nitrogen and oxygen atoms in total. The van der Waals surface area contributed by atoms with Crippen molar-refractivity contribution in [2.45, 2.75) is 44.6 Å². The Morgan fingerprint density at radius 1 is 1.07 bits per heavy atom. The van der Waals surface area contributed by atoms with E-state index in [4.69, 9.17) is 5.26 Å². The molecule has 0 amide bonds.